The third-order valence-electron chi connectivity index (χ3n) is 3.27. The van der Waals surface area contributed by atoms with Gasteiger partial charge < -0.3 is 15.4 Å². The Balaban J connectivity index is 1.99. The number of benzene rings is 1. The third kappa shape index (κ3) is 2.39. The average Bonchev–Trinajstić information content (AvgIpc) is 2.70. The van der Waals surface area contributed by atoms with E-state index < -0.39 is 0 Å². The van der Waals surface area contributed by atoms with Crippen molar-refractivity contribution < 1.29 is 4.74 Å². The molecule has 0 saturated heterocycles. The van der Waals surface area contributed by atoms with Crippen LogP contribution in [0.4, 0.5) is 11.4 Å². The Morgan fingerprint density at radius 2 is 2.11 bits per heavy atom. The third-order valence-corrected chi connectivity index (χ3v) is 3.27. The van der Waals surface area contributed by atoms with E-state index in [1.54, 1.807) is 0 Å². The summed E-state index contributed by atoms with van der Waals surface area (Å²) in [5.74, 6) is 0.933. The molecule has 0 saturated carbocycles. The molecule has 19 heavy (non-hydrogen) atoms. The van der Waals surface area contributed by atoms with Crippen LogP contribution in [0.25, 0.3) is 0 Å². The molecular weight excluding hydrogens is 238 g/mol. The van der Waals surface area contributed by atoms with Gasteiger partial charge in [0.2, 0.25) is 0 Å². The first kappa shape index (κ1) is 12.0. The fraction of sp³-hybridized carbons (Fsp3) is 0.267. The zero-order valence-electron chi connectivity index (χ0n) is 10.7. The molecule has 0 fully saturated rings. The molecular formula is C15H17N3O. The van der Waals surface area contributed by atoms with Crippen LogP contribution in [0, 0.1) is 0 Å². The number of ether oxygens (including phenoxy) is 1. The minimum Gasteiger partial charge on any atom is -0.491 e. The summed E-state index contributed by atoms with van der Waals surface area (Å²) in [6.45, 7) is 2.16. The molecule has 3 rings (SSSR count). The van der Waals surface area contributed by atoms with E-state index in [2.05, 4.69) is 22.0 Å². The number of hydrogen-bond acceptors (Lipinski definition) is 4. The Morgan fingerprint density at radius 3 is 2.89 bits per heavy atom. The second-order valence-electron chi connectivity index (χ2n) is 4.53. The topological polar surface area (TPSA) is 51.4 Å². The van der Waals surface area contributed by atoms with Gasteiger partial charge in [-0.2, -0.15) is 0 Å². The average molecular weight is 255 g/mol. The van der Waals surface area contributed by atoms with Crippen LogP contribution < -0.4 is 15.4 Å². The van der Waals surface area contributed by atoms with Crippen LogP contribution in [-0.4, -0.2) is 18.1 Å². The predicted molar refractivity (Wildman–Crippen MR) is 75.7 cm³/mol. The molecule has 2 heterocycles. The number of fused-ring (bicyclic) bond motifs is 1. The molecule has 0 amide bonds. The fourth-order valence-corrected chi connectivity index (χ4v) is 2.29. The summed E-state index contributed by atoms with van der Waals surface area (Å²) in [6, 6.07) is 12.2. The van der Waals surface area contributed by atoms with Crippen LogP contribution in [0.1, 0.15) is 12.1 Å². The first-order valence-electron chi connectivity index (χ1n) is 6.53. The molecule has 98 valence electrons. The standard InChI is InChI=1S/C15H17N3O/c16-10-12-6-7-13(11-17-12)18-8-3-9-19-15-5-2-1-4-14(15)18/h1-2,4-7,11H,3,8-10,16H2. The van der Waals surface area contributed by atoms with E-state index in [1.165, 1.54) is 0 Å². The van der Waals surface area contributed by atoms with Gasteiger partial charge in [0.25, 0.3) is 0 Å². The van der Waals surface area contributed by atoms with Crippen molar-refractivity contribution in [2.75, 3.05) is 18.1 Å². The molecule has 0 spiro atoms. The Hall–Kier alpha value is -2.07. The molecule has 0 unspecified atom stereocenters. The van der Waals surface area contributed by atoms with Crippen LogP contribution in [0.15, 0.2) is 42.6 Å². The van der Waals surface area contributed by atoms with Gasteiger partial charge in [-0.15, -0.1) is 0 Å². The van der Waals surface area contributed by atoms with Gasteiger partial charge >= 0.3 is 0 Å². The normalized spacial score (nSPS) is 14.5. The Bertz CT molecular complexity index is 554. The monoisotopic (exact) mass is 255 g/mol. The molecule has 0 aliphatic carbocycles. The lowest BCUT2D eigenvalue weighted by atomic mass is 10.2. The summed E-state index contributed by atoms with van der Waals surface area (Å²) >= 11 is 0. The van der Waals surface area contributed by atoms with Gasteiger partial charge in [0.1, 0.15) is 5.75 Å². The van der Waals surface area contributed by atoms with E-state index in [1.807, 2.05) is 30.5 Å². The minimum absolute atomic E-state index is 0.472. The van der Waals surface area contributed by atoms with Crippen LogP contribution in [0.5, 0.6) is 5.75 Å². The molecule has 0 atom stereocenters. The lowest BCUT2D eigenvalue weighted by Crippen LogP contribution is -2.18. The Kier molecular flexibility index (Phi) is 3.33. The summed E-state index contributed by atoms with van der Waals surface area (Å²) in [5.41, 5.74) is 8.67. The van der Waals surface area contributed by atoms with Gasteiger partial charge in [-0.25, -0.2) is 0 Å². The largest absolute Gasteiger partial charge is 0.491 e. The summed E-state index contributed by atoms with van der Waals surface area (Å²) in [6.07, 6.45) is 2.87. The summed E-state index contributed by atoms with van der Waals surface area (Å²) in [7, 11) is 0. The SMILES string of the molecule is NCc1ccc(N2CCCOc3ccccc32)cn1. The lowest BCUT2D eigenvalue weighted by Gasteiger charge is -2.23. The molecule has 4 nitrogen and oxygen atoms in total. The van der Waals surface area contributed by atoms with Crippen molar-refractivity contribution in [3.8, 4) is 5.75 Å². The number of hydrogen-bond donors (Lipinski definition) is 1. The zero-order chi connectivity index (χ0) is 13.1. The minimum atomic E-state index is 0.472. The van der Waals surface area contributed by atoms with Crippen molar-refractivity contribution in [2.45, 2.75) is 13.0 Å². The van der Waals surface area contributed by atoms with Crippen molar-refractivity contribution in [2.24, 2.45) is 5.73 Å². The van der Waals surface area contributed by atoms with Gasteiger partial charge in [0.05, 0.1) is 29.9 Å². The first-order valence-corrected chi connectivity index (χ1v) is 6.53. The molecule has 0 bridgehead atoms. The Labute approximate surface area is 112 Å². The first-order chi connectivity index (χ1) is 9.38. The molecule has 1 aromatic heterocycles. The van der Waals surface area contributed by atoms with Gasteiger partial charge in [-0.3, -0.25) is 4.98 Å². The van der Waals surface area contributed by atoms with Gasteiger partial charge in [-0.05, 0) is 30.7 Å². The highest BCUT2D eigenvalue weighted by molar-refractivity contribution is 5.69. The van der Waals surface area contributed by atoms with Crippen molar-refractivity contribution >= 4 is 11.4 Å². The highest BCUT2D eigenvalue weighted by atomic mass is 16.5. The molecule has 1 aliphatic rings. The number of anilines is 2. The number of aromatic nitrogens is 1. The van der Waals surface area contributed by atoms with E-state index in [9.17, 15) is 0 Å². The van der Waals surface area contributed by atoms with Crippen LogP contribution in [-0.2, 0) is 6.54 Å². The Morgan fingerprint density at radius 1 is 1.21 bits per heavy atom. The van der Waals surface area contributed by atoms with Crippen molar-refractivity contribution in [3.05, 3.63) is 48.3 Å². The van der Waals surface area contributed by atoms with Crippen LogP contribution in [0.2, 0.25) is 0 Å². The predicted octanol–water partition coefficient (Wildman–Crippen LogP) is 2.46. The maximum Gasteiger partial charge on any atom is 0.142 e. The summed E-state index contributed by atoms with van der Waals surface area (Å²) in [4.78, 5) is 6.61. The highest BCUT2D eigenvalue weighted by Crippen LogP contribution is 2.35. The number of nitrogens with zero attached hydrogens (tertiary/aromatic N) is 2. The summed E-state index contributed by atoms with van der Waals surface area (Å²) in [5, 5.41) is 0. The maximum atomic E-state index is 5.76. The number of nitrogens with two attached hydrogens (primary N) is 1. The van der Waals surface area contributed by atoms with Gasteiger partial charge in [-0.1, -0.05) is 12.1 Å². The molecule has 1 aromatic carbocycles. The van der Waals surface area contributed by atoms with Crippen molar-refractivity contribution in [3.63, 3.8) is 0 Å². The number of para-hydroxylation sites is 2. The number of rotatable bonds is 2. The molecule has 2 N–H and O–H groups in total. The summed E-state index contributed by atoms with van der Waals surface area (Å²) < 4.78 is 5.76. The van der Waals surface area contributed by atoms with Crippen molar-refractivity contribution in [1.82, 2.24) is 4.98 Å². The quantitative estimate of drug-likeness (QED) is 0.895. The van der Waals surface area contributed by atoms with Crippen molar-refractivity contribution in [1.29, 1.82) is 0 Å². The maximum absolute atomic E-state index is 5.76. The van der Waals surface area contributed by atoms with E-state index in [-0.39, 0.29) is 0 Å². The smallest absolute Gasteiger partial charge is 0.142 e. The van der Waals surface area contributed by atoms with E-state index in [0.29, 0.717) is 6.54 Å². The van der Waals surface area contributed by atoms with E-state index in [4.69, 9.17) is 10.5 Å². The fourth-order valence-electron chi connectivity index (χ4n) is 2.29. The molecule has 4 heteroatoms. The second kappa shape index (κ2) is 5.28. The van der Waals surface area contributed by atoms with E-state index >= 15 is 0 Å². The van der Waals surface area contributed by atoms with Crippen LogP contribution in [0.3, 0.4) is 0 Å². The highest BCUT2D eigenvalue weighted by Gasteiger charge is 2.17. The zero-order valence-corrected chi connectivity index (χ0v) is 10.7. The van der Waals surface area contributed by atoms with Gasteiger partial charge in [0, 0.05) is 13.1 Å². The molecule has 1 aliphatic heterocycles. The lowest BCUT2D eigenvalue weighted by molar-refractivity contribution is 0.322. The second-order valence-corrected chi connectivity index (χ2v) is 4.53. The molecule has 2 aromatic rings. The molecule has 0 radical (unpaired) electrons. The van der Waals surface area contributed by atoms with Crippen LogP contribution >= 0.6 is 0 Å². The number of pyridine rings is 1. The van der Waals surface area contributed by atoms with Gasteiger partial charge in [0.15, 0.2) is 0 Å². The van der Waals surface area contributed by atoms with E-state index in [0.717, 1.165) is 42.4 Å².